The normalized spacial score (nSPS) is 10.8. The highest BCUT2D eigenvalue weighted by molar-refractivity contribution is 5.89. The number of nitrogens with zero attached hydrogens (tertiary/aromatic N) is 2. The summed E-state index contributed by atoms with van der Waals surface area (Å²) in [7, 11) is 0. The third kappa shape index (κ3) is 5.05. The Labute approximate surface area is 153 Å². The van der Waals surface area contributed by atoms with Gasteiger partial charge in [0.25, 0.3) is 0 Å². The van der Waals surface area contributed by atoms with Gasteiger partial charge in [-0.05, 0) is 28.8 Å². The molecule has 3 rings (SSSR count). The molecule has 0 aromatic heterocycles. The zero-order valence-electron chi connectivity index (χ0n) is 14.3. The fraction of sp³-hybridized carbons (Fsp3) is 0.0909. The summed E-state index contributed by atoms with van der Waals surface area (Å²) >= 11 is 0. The van der Waals surface area contributed by atoms with Gasteiger partial charge in [-0.1, -0.05) is 72.8 Å². The summed E-state index contributed by atoms with van der Waals surface area (Å²) < 4.78 is 0. The van der Waals surface area contributed by atoms with Crippen molar-refractivity contribution in [1.29, 1.82) is 0 Å². The molecule has 0 bridgehead atoms. The van der Waals surface area contributed by atoms with Crippen LogP contribution in [0.2, 0.25) is 0 Å². The average molecular weight is 344 g/mol. The molecule has 4 heteroatoms. The van der Waals surface area contributed by atoms with Crippen molar-refractivity contribution in [1.82, 2.24) is 5.01 Å². The topological polar surface area (TPSA) is 52.9 Å². The van der Waals surface area contributed by atoms with Gasteiger partial charge >= 0.3 is 5.97 Å². The number of aromatic carboxylic acids is 1. The Morgan fingerprint density at radius 2 is 1.31 bits per heavy atom. The summed E-state index contributed by atoms with van der Waals surface area (Å²) in [5, 5.41) is 15.6. The van der Waals surface area contributed by atoms with Crippen LogP contribution in [0.25, 0.3) is 0 Å². The van der Waals surface area contributed by atoms with Crippen molar-refractivity contribution in [3.8, 4) is 0 Å². The molecule has 26 heavy (non-hydrogen) atoms. The lowest BCUT2D eigenvalue weighted by atomic mass is 10.1. The number of carbonyl (C=O) groups is 1. The van der Waals surface area contributed by atoms with Crippen molar-refractivity contribution in [2.45, 2.75) is 13.1 Å². The van der Waals surface area contributed by atoms with Gasteiger partial charge in [-0.2, -0.15) is 5.10 Å². The zero-order valence-corrected chi connectivity index (χ0v) is 14.3. The molecule has 3 aromatic rings. The first-order chi connectivity index (χ1) is 12.7. The van der Waals surface area contributed by atoms with E-state index in [0.717, 1.165) is 5.56 Å². The van der Waals surface area contributed by atoms with Crippen LogP contribution >= 0.6 is 0 Å². The molecule has 0 heterocycles. The van der Waals surface area contributed by atoms with Gasteiger partial charge < -0.3 is 5.11 Å². The molecule has 0 radical (unpaired) electrons. The van der Waals surface area contributed by atoms with E-state index in [0.29, 0.717) is 13.1 Å². The largest absolute Gasteiger partial charge is 0.478 e. The van der Waals surface area contributed by atoms with Gasteiger partial charge in [0.15, 0.2) is 0 Å². The molecule has 0 amide bonds. The van der Waals surface area contributed by atoms with Crippen LogP contribution in [0, 0.1) is 0 Å². The number of rotatable bonds is 7. The molecule has 0 atom stereocenters. The van der Waals surface area contributed by atoms with Crippen LogP contribution in [-0.4, -0.2) is 22.3 Å². The fourth-order valence-corrected chi connectivity index (χ4v) is 2.59. The van der Waals surface area contributed by atoms with Crippen molar-refractivity contribution in [2.24, 2.45) is 5.10 Å². The Hall–Kier alpha value is -3.40. The lowest BCUT2D eigenvalue weighted by Gasteiger charge is -2.19. The van der Waals surface area contributed by atoms with Gasteiger partial charge in [-0.25, -0.2) is 4.79 Å². The maximum Gasteiger partial charge on any atom is 0.335 e. The molecule has 0 aliphatic heterocycles. The van der Waals surface area contributed by atoms with Gasteiger partial charge in [0.1, 0.15) is 0 Å². The Morgan fingerprint density at radius 3 is 1.77 bits per heavy atom. The van der Waals surface area contributed by atoms with E-state index in [1.165, 1.54) is 11.1 Å². The second kappa shape index (κ2) is 8.62. The predicted octanol–water partition coefficient (Wildman–Crippen LogP) is 4.42. The minimum absolute atomic E-state index is 0.271. The van der Waals surface area contributed by atoms with Crippen LogP contribution in [0.15, 0.2) is 90.0 Å². The molecule has 0 aliphatic carbocycles. The molecule has 130 valence electrons. The first kappa shape index (κ1) is 17.4. The number of carboxylic acids is 1. The lowest BCUT2D eigenvalue weighted by Crippen LogP contribution is -2.17. The fourth-order valence-electron chi connectivity index (χ4n) is 2.59. The van der Waals surface area contributed by atoms with Crippen LogP contribution in [0.4, 0.5) is 0 Å². The first-order valence-corrected chi connectivity index (χ1v) is 8.41. The highest BCUT2D eigenvalue weighted by Gasteiger charge is 2.05. The number of hydrazone groups is 1. The number of carboxylic acid groups (broad SMARTS) is 1. The molecule has 4 nitrogen and oxygen atoms in total. The summed E-state index contributed by atoms with van der Waals surface area (Å²) in [5.41, 5.74) is 3.50. The number of hydrogen-bond donors (Lipinski definition) is 1. The molecular weight excluding hydrogens is 324 g/mol. The van der Waals surface area contributed by atoms with Gasteiger partial charge in [-0.15, -0.1) is 0 Å². The molecule has 0 saturated heterocycles. The van der Waals surface area contributed by atoms with E-state index in [2.05, 4.69) is 29.4 Å². The number of hydrogen-bond acceptors (Lipinski definition) is 3. The lowest BCUT2D eigenvalue weighted by molar-refractivity contribution is 0.0697. The summed E-state index contributed by atoms with van der Waals surface area (Å²) in [5.74, 6) is -0.928. The molecule has 0 aliphatic rings. The van der Waals surface area contributed by atoms with Crippen LogP contribution in [0.3, 0.4) is 0 Å². The summed E-state index contributed by atoms with van der Waals surface area (Å²) in [6.45, 7) is 1.39. The van der Waals surface area contributed by atoms with E-state index >= 15 is 0 Å². The van der Waals surface area contributed by atoms with Crippen molar-refractivity contribution in [3.05, 3.63) is 107 Å². The van der Waals surface area contributed by atoms with Gasteiger partial charge in [0.05, 0.1) is 24.9 Å². The standard InChI is InChI=1S/C22H20N2O2/c25-22(26)21-13-11-18(12-14-21)15-23-24(16-19-7-3-1-4-8-19)17-20-9-5-2-6-10-20/h1-15H,16-17H2,(H,25,26)/b23-15-. The van der Waals surface area contributed by atoms with Gasteiger partial charge in [-0.3, -0.25) is 5.01 Å². The zero-order chi connectivity index (χ0) is 18.2. The van der Waals surface area contributed by atoms with Crippen LogP contribution in [-0.2, 0) is 13.1 Å². The van der Waals surface area contributed by atoms with Gasteiger partial charge in [0, 0.05) is 0 Å². The summed E-state index contributed by atoms with van der Waals surface area (Å²) in [4.78, 5) is 10.9. The minimum Gasteiger partial charge on any atom is -0.478 e. The van der Waals surface area contributed by atoms with E-state index in [1.54, 1.807) is 30.5 Å². The van der Waals surface area contributed by atoms with E-state index in [4.69, 9.17) is 5.11 Å². The molecule has 3 aromatic carbocycles. The van der Waals surface area contributed by atoms with Crippen LogP contribution < -0.4 is 0 Å². The van der Waals surface area contributed by atoms with Crippen molar-refractivity contribution < 1.29 is 9.90 Å². The van der Waals surface area contributed by atoms with Crippen molar-refractivity contribution in [3.63, 3.8) is 0 Å². The van der Waals surface area contributed by atoms with Crippen molar-refractivity contribution in [2.75, 3.05) is 0 Å². The second-order valence-corrected chi connectivity index (χ2v) is 5.97. The molecule has 1 N–H and O–H groups in total. The van der Waals surface area contributed by atoms with E-state index < -0.39 is 5.97 Å². The maximum atomic E-state index is 10.9. The predicted molar refractivity (Wildman–Crippen MR) is 103 cm³/mol. The monoisotopic (exact) mass is 344 g/mol. The quantitative estimate of drug-likeness (QED) is 0.510. The van der Waals surface area contributed by atoms with E-state index in [-0.39, 0.29) is 5.56 Å². The first-order valence-electron chi connectivity index (χ1n) is 8.41. The Bertz CT molecular complexity index is 818. The minimum atomic E-state index is -0.928. The molecule has 0 spiro atoms. The highest BCUT2D eigenvalue weighted by atomic mass is 16.4. The smallest absolute Gasteiger partial charge is 0.335 e. The number of benzene rings is 3. The maximum absolute atomic E-state index is 10.9. The van der Waals surface area contributed by atoms with Crippen molar-refractivity contribution >= 4 is 12.2 Å². The van der Waals surface area contributed by atoms with Crippen LogP contribution in [0.1, 0.15) is 27.0 Å². The molecule has 0 saturated carbocycles. The SMILES string of the molecule is O=C(O)c1ccc(/C=N\N(Cc2ccccc2)Cc2ccccc2)cc1. The van der Waals surface area contributed by atoms with Gasteiger partial charge in [0.2, 0.25) is 0 Å². The third-order valence-electron chi connectivity index (χ3n) is 3.94. The summed E-state index contributed by atoms with van der Waals surface area (Å²) in [6.07, 6.45) is 1.76. The summed E-state index contributed by atoms with van der Waals surface area (Å²) in [6, 6.07) is 27.1. The Morgan fingerprint density at radius 1 is 0.808 bits per heavy atom. The molecule has 0 fully saturated rings. The Kier molecular flexibility index (Phi) is 5.78. The third-order valence-corrected chi connectivity index (χ3v) is 3.94. The average Bonchev–Trinajstić information content (AvgIpc) is 2.68. The van der Waals surface area contributed by atoms with E-state index in [9.17, 15) is 4.79 Å². The molecular formula is C22H20N2O2. The second-order valence-electron chi connectivity index (χ2n) is 5.97. The molecule has 0 unspecified atom stereocenters. The van der Waals surface area contributed by atoms with E-state index in [1.807, 2.05) is 41.4 Å². The Balaban J connectivity index is 1.76. The van der Waals surface area contributed by atoms with Crippen LogP contribution in [0.5, 0.6) is 0 Å². The highest BCUT2D eigenvalue weighted by Crippen LogP contribution is 2.11.